The van der Waals surface area contributed by atoms with Crippen LogP contribution in [0.15, 0.2) is 24.3 Å². The van der Waals surface area contributed by atoms with Gasteiger partial charge in [-0.25, -0.2) is 4.98 Å². The van der Waals surface area contributed by atoms with E-state index in [4.69, 9.17) is 4.98 Å². The molecule has 1 aromatic heterocycles. The Morgan fingerprint density at radius 1 is 1.33 bits per heavy atom. The molecule has 1 aliphatic heterocycles. The van der Waals surface area contributed by atoms with Crippen LogP contribution >= 0.6 is 0 Å². The third kappa shape index (κ3) is 1.75. The Bertz CT molecular complexity index is 569. The normalized spacial score (nSPS) is 13.9. The Labute approximate surface area is 108 Å². The second-order valence-corrected chi connectivity index (χ2v) is 4.92. The van der Waals surface area contributed by atoms with Crippen molar-refractivity contribution in [2.75, 3.05) is 7.05 Å². The fourth-order valence-corrected chi connectivity index (χ4v) is 2.81. The third-order valence-electron chi connectivity index (χ3n) is 3.68. The number of imidazole rings is 1. The average molecular weight is 241 g/mol. The topological polar surface area (TPSA) is 29.9 Å². The molecular formula is C15H19N3. The lowest BCUT2D eigenvalue weighted by Crippen LogP contribution is -2.11. The van der Waals surface area contributed by atoms with Gasteiger partial charge in [0.1, 0.15) is 5.82 Å². The van der Waals surface area contributed by atoms with Crippen molar-refractivity contribution in [2.45, 2.75) is 32.9 Å². The van der Waals surface area contributed by atoms with Gasteiger partial charge >= 0.3 is 0 Å². The smallest absolute Gasteiger partial charge is 0.123 e. The van der Waals surface area contributed by atoms with Gasteiger partial charge in [0.25, 0.3) is 0 Å². The molecule has 1 N–H and O–H groups in total. The summed E-state index contributed by atoms with van der Waals surface area (Å²) in [7, 11) is 1.98. The number of aryl methyl sites for hydroxylation is 1. The van der Waals surface area contributed by atoms with E-state index in [1.54, 1.807) is 0 Å². The molecule has 1 aliphatic rings. The molecule has 94 valence electrons. The maximum absolute atomic E-state index is 4.85. The molecule has 0 saturated heterocycles. The summed E-state index contributed by atoms with van der Waals surface area (Å²) in [5, 5.41) is 3.21. The van der Waals surface area contributed by atoms with Gasteiger partial charge in [0, 0.05) is 17.8 Å². The number of rotatable bonds is 3. The number of nitrogens with one attached hydrogen (secondary N) is 1. The van der Waals surface area contributed by atoms with Crippen molar-refractivity contribution >= 4 is 0 Å². The van der Waals surface area contributed by atoms with Crippen molar-refractivity contribution in [1.82, 2.24) is 14.9 Å². The molecule has 0 aliphatic carbocycles. The summed E-state index contributed by atoms with van der Waals surface area (Å²) in [6.45, 7) is 4.12. The first-order valence-electron chi connectivity index (χ1n) is 6.60. The molecule has 0 spiro atoms. The monoisotopic (exact) mass is 241 g/mol. The number of aromatic nitrogens is 2. The van der Waals surface area contributed by atoms with Crippen molar-refractivity contribution in [2.24, 2.45) is 0 Å². The Kier molecular flexibility index (Phi) is 2.92. The van der Waals surface area contributed by atoms with E-state index in [9.17, 15) is 0 Å². The molecule has 0 radical (unpaired) electrons. The van der Waals surface area contributed by atoms with Gasteiger partial charge in [-0.3, -0.25) is 0 Å². The van der Waals surface area contributed by atoms with E-state index < -0.39 is 0 Å². The molecule has 0 saturated carbocycles. The minimum Gasteiger partial charge on any atom is -0.330 e. The third-order valence-corrected chi connectivity index (χ3v) is 3.68. The van der Waals surface area contributed by atoms with Crippen molar-refractivity contribution in [3.05, 3.63) is 41.3 Å². The zero-order valence-electron chi connectivity index (χ0n) is 11.0. The van der Waals surface area contributed by atoms with Crippen molar-refractivity contribution in [1.29, 1.82) is 0 Å². The Balaban J connectivity index is 2.13. The predicted molar refractivity (Wildman–Crippen MR) is 73.5 cm³/mol. The van der Waals surface area contributed by atoms with E-state index in [0.29, 0.717) is 0 Å². The van der Waals surface area contributed by atoms with Gasteiger partial charge in [0.05, 0.1) is 12.2 Å². The lowest BCUT2D eigenvalue weighted by atomic mass is 10.0. The van der Waals surface area contributed by atoms with Gasteiger partial charge in [-0.05, 0) is 32.4 Å². The minimum atomic E-state index is 0.846. The molecule has 3 rings (SSSR count). The number of nitrogens with zero attached hydrogens (tertiary/aromatic N) is 2. The van der Waals surface area contributed by atoms with Crippen LogP contribution in [0.25, 0.3) is 11.3 Å². The second kappa shape index (κ2) is 4.58. The summed E-state index contributed by atoms with van der Waals surface area (Å²) in [5.41, 5.74) is 5.19. The van der Waals surface area contributed by atoms with Crippen LogP contribution < -0.4 is 5.32 Å². The SMILES string of the molecule is CNCc1nc(-c2ccccc2C)c2n1CCC2. The predicted octanol–water partition coefficient (Wildman–Crippen LogP) is 2.52. The standard InChI is InChI=1S/C15H19N3/c1-11-6-3-4-7-12(11)15-13-8-5-9-18(13)14(17-15)10-16-2/h3-4,6-7,16H,5,8-10H2,1-2H3. The second-order valence-electron chi connectivity index (χ2n) is 4.92. The summed E-state index contributed by atoms with van der Waals surface area (Å²) < 4.78 is 2.39. The molecule has 0 fully saturated rings. The van der Waals surface area contributed by atoms with Crippen LogP contribution in [0.3, 0.4) is 0 Å². The lowest BCUT2D eigenvalue weighted by molar-refractivity contribution is 0.653. The lowest BCUT2D eigenvalue weighted by Gasteiger charge is -2.03. The fraction of sp³-hybridized carbons (Fsp3) is 0.400. The zero-order chi connectivity index (χ0) is 12.5. The first kappa shape index (κ1) is 11.5. The molecule has 3 nitrogen and oxygen atoms in total. The van der Waals surface area contributed by atoms with E-state index in [0.717, 1.165) is 19.5 Å². The molecule has 2 heterocycles. The summed E-state index contributed by atoms with van der Waals surface area (Å²) in [6.07, 6.45) is 2.40. The van der Waals surface area contributed by atoms with Crippen molar-refractivity contribution in [3.8, 4) is 11.3 Å². The maximum Gasteiger partial charge on any atom is 0.123 e. The molecule has 0 bridgehead atoms. The van der Waals surface area contributed by atoms with Crippen LogP contribution in [0.5, 0.6) is 0 Å². The fourth-order valence-electron chi connectivity index (χ4n) is 2.81. The van der Waals surface area contributed by atoms with E-state index in [-0.39, 0.29) is 0 Å². The molecule has 3 heteroatoms. The first-order valence-corrected chi connectivity index (χ1v) is 6.60. The Hall–Kier alpha value is -1.61. The molecule has 2 aromatic rings. The zero-order valence-corrected chi connectivity index (χ0v) is 11.0. The summed E-state index contributed by atoms with van der Waals surface area (Å²) >= 11 is 0. The number of hydrogen-bond donors (Lipinski definition) is 1. The van der Waals surface area contributed by atoms with Crippen molar-refractivity contribution < 1.29 is 0 Å². The van der Waals surface area contributed by atoms with Crippen molar-refractivity contribution in [3.63, 3.8) is 0 Å². The molecule has 0 atom stereocenters. The summed E-state index contributed by atoms with van der Waals surface area (Å²) in [4.78, 5) is 4.85. The quantitative estimate of drug-likeness (QED) is 0.895. The van der Waals surface area contributed by atoms with Gasteiger partial charge in [-0.2, -0.15) is 0 Å². The number of fused-ring (bicyclic) bond motifs is 1. The first-order chi connectivity index (χ1) is 8.81. The highest BCUT2D eigenvalue weighted by Crippen LogP contribution is 2.31. The van der Waals surface area contributed by atoms with Crippen LogP contribution in [0, 0.1) is 6.92 Å². The minimum absolute atomic E-state index is 0.846. The maximum atomic E-state index is 4.85. The van der Waals surface area contributed by atoms with Crippen LogP contribution in [0.4, 0.5) is 0 Å². The number of benzene rings is 1. The van der Waals surface area contributed by atoms with Crippen LogP contribution in [0.2, 0.25) is 0 Å². The Morgan fingerprint density at radius 2 is 2.17 bits per heavy atom. The van der Waals surface area contributed by atoms with Gasteiger partial charge in [0.2, 0.25) is 0 Å². The van der Waals surface area contributed by atoms with Gasteiger partial charge in [0.15, 0.2) is 0 Å². The van der Waals surface area contributed by atoms with Crippen LogP contribution in [-0.2, 0) is 19.5 Å². The van der Waals surface area contributed by atoms with E-state index in [1.165, 1.54) is 34.8 Å². The summed E-state index contributed by atoms with van der Waals surface area (Å²) in [6, 6.07) is 8.53. The van der Waals surface area contributed by atoms with Gasteiger partial charge in [-0.15, -0.1) is 0 Å². The highest BCUT2D eigenvalue weighted by Gasteiger charge is 2.22. The molecular weight excluding hydrogens is 222 g/mol. The largest absolute Gasteiger partial charge is 0.330 e. The Morgan fingerprint density at radius 3 is 2.94 bits per heavy atom. The highest BCUT2D eigenvalue weighted by atomic mass is 15.1. The molecule has 18 heavy (non-hydrogen) atoms. The molecule has 1 aromatic carbocycles. The van der Waals surface area contributed by atoms with E-state index in [2.05, 4.69) is 41.1 Å². The highest BCUT2D eigenvalue weighted by molar-refractivity contribution is 5.66. The van der Waals surface area contributed by atoms with Crippen LogP contribution in [0.1, 0.15) is 23.5 Å². The molecule has 0 amide bonds. The number of hydrogen-bond acceptors (Lipinski definition) is 2. The van der Waals surface area contributed by atoms with Gasteiger partial charge in [-0.1, -0.05) is 24.3 Å². The van der Waals surface area contributed by atoms with Crippen LogP contribution in [-0.4, -0.2) is 16.6 Å². The molecule has 0 unspecified atom stereocenters. The van der Waals surface area contributed by atoms with E-state index in [1.807, 2.05) is 7.05 Å². The van der Waals surface area contributed by atoms with Gasteiger partial charge < -0.3 is 9.88 Å². The van der Waals surface area contributed by atoms with E-state index >= 15 is 0 Å². The average Bonchev–Trinajstić information content (AvgIpc) is 2.94. The summed E-state index contributed by atoms with van der Waals surface area (Å²) in [5.74, 6) is 1.17.